The van der Waals surface area contributed by atoms with Crippen LogP contribution in [-0.2, 0) is 24.4 Å². The fraction of sp³-hybridized carbons (Fsp3) is 0.462. The monoisotopic (exact) mass is 492 g/mol. The smallest absolute Gasteiger partial charge is 0.230 e. The van der Waals surface area contributed by atoms with Gasteiger partial charge in [-0.1, -0.05) is 30.3 Å². The Morgan fingerprint density at radius 3 is 2.43 bits per heavy atom. The Labute approximate surface area is 211 Å². The molecule has 0 unspecified atom stereocenters. The highest BCUT2D eigenvalue weighted by Gasteiger charge is 2.23. The van der Waals surface area contributed by atoms with E-state index in [1.165, 1.54) is 11.1 Å². The minimum absolute atomic E-state index is 0.708. The molecule has 0 spiro atoms. The Kier molecular flexibility index (Phi) is 6.56. The summed E-state index contributed by atoms with van der Waals surface area (Å²) in [4.78, 5) is 7.27. The zero-order chi connectivity index (χ0) is 23.6. The number of piperazine rings is 1. The van der Waals surface area contributed by atoms with E-state index in [1.807, 2.05) is 22.9 Å². The summed E-state index contributed by atoms with van der Waals surface area (Å²) in [6, 6.07) is 17.0. The second-order valence-corrected chi connectivity index (χ2v) is 9.79. The molecule has 4 heterocycles. The van der Waals surface area contributed by atoms with Gasteiger partial charge >= 0.3 is 0 Å². The Morgan fingerprint density at radius 2 is 1.63 bits per heavy atom. The summed E-state index contributed by atoms with van der Waals surface area (Å²) in [6.45, 7) is 9.67. The van der Waals surface area contributed by atoms with Crippen LogP contribution in [0.4, 0.5) is 5.95 Å². The van der Waals surface area contributed by atoms with E-state index in [-0.39, 0.29) is 0 Å². The number of rotatable bonds is 6. The van der Waals surface area contributed by atoms with Crippen LogP contribution < -0.4 is 9.64 Å². The second kappa shape index (κ2) is 10.1. The highest BCUT2D eigenvalue weighted by Crippen LogP contribution is 2.26. The number of nitrogens with zero attached hydrogens (tertiary/aromatic N) is 6. The van der Waals surface area contributed by atoms with E-state index in [2.05, 4.69) is 49.6 Å². The molecular formula is C26H32N6O2S. The lowest BCUT2D eigenvalue weighted by atomic mass is 10.1. The molecule has 184 valence electrons. The van der Waals surface area contributed by atoms with Gasteiger partial charge in [0.05, 0.1) is 32.2 Å². The first-order valence-corrected chi connectivity index (χ1v) is 12.9. The second-order valence-electron chi connectivity index (χ2n) is 9.43. The lowest BCUT2D eigenvalue weighted by Gasteiger charge is -2.34. The Morgan fingerprint density at radius 1 is 0.857 bits per heavy atom. The van der Waals surface area contributed by atoms with E-state index < -0.39 is 0 Å². The van der Waals surface area contributed by atoms with Crippen LogP contribution in [0.5, 0.6) is 5.75 Å². The molecule has 9 heteroatoms. The molecule has 35 heavy (non-hydrogen) atoms. The van der Waals surface area contributed by atoms with E-state index in [0.29, 0.717) is 19.9 Å². The van der Waals surface area contributed by atoms with Gasteiger partial charge in [0.2, 0.25) is 10.7 Å². The quantitative estimate of drug-likeness (QED) is 0.491. The number of ether oxygens (including phenoxy) is 2. The number of fused-ring (bicyclic) bond motifs is 1. The maximum Gasteiger partial charge on any atom is 0.230 e. The summed E-state index contributed by atoms with van der Waals surface area (Å²) < 4.78 is 16.1. The number of hydrogen-bond donors (Lipinski definition) is 0. The average Bonchev–Trinajstić information content (AvgIpc) is 3.50. The van der Waals surface area contributed by atoms with Gasteiger partial charge in [-0.05, 0) is 41.5 Å². The van der Waals surface area contributed by atoms with Gasteiger partial charge in [-0.25, -0.2) is 4.68 Å². The normalized spacial score (nSPS) is 19.0. The molecule has 0 bridgehead atoms. The van der Waals surface area contributed by atoms with Crippen molar-refractivity contribution in [3.05, 3.63) is 64.4 Å². The Hall–Kier alpha value is -2.72. The molecule has 1 aromatic heterocycles. The summed E-state index contributed by atoms with van der Waals surface area (Å²) in [5.41, 5.74) is 3.78. The first-order valence-electron chi connectivity index (χ1n) is 12.5. The number of benzene rings is 2. The van der Waals surface area contributed by atoms with Crippen molar-refractivity contribution in [1.29, 1.82) is 0 Å². The van der Waals surface area contributed by atoms with Crippen LogP contribution in [0.1, 0.15) is 11.1 Å². The summed E-state index contributed by atoms with van der Waals surface area (Å²) in [5.74, 6) is 1.96. The van der Waals surface area contributed by atoms with Crippen LogP contribution in [0, 0.1) is 4.77 Å². The van der Waals surface area contributed by atoms with Crippen LogP contribution in [0.3, 0.4) is 0 Å². The zero-order valence-electron chi connectivity index (χ0n) is 20.0. The number of anilines is 1. The van der Waals surface area contributed by atoms with E-state index in [4.69, 9.17) is 26.8 Å². The van der Waals surface area contributed by atoms with Crippen LogP contribution in [0.25, 0.3) is 5.69 Å². The zero-order valence-corrected chi connectivity index (χ0v) is 20.8. The molecule has 0 N–H and O–H groups in total. The first kappa shape index (κ1) is 22.7. The van der Waals surface area contributed by atoms with Gasteiger partial charge in [0.25, 0.3) is 0 Å². The molecule has 0 atom stereocenters. The minimum atomic E-state index is 0.708. The van der Waals surface area contributed by atoms with Crippen LogP contribution in [-0.4, -0.2) is 83.2 Å². The predicted octanol–water partition coefficient (Wildman–Crippen LogP) is 2.95. The molecule has 0 radical (unpaired) electrons. The molecule has 0 saturated carbocycles. The summed E-state index contributed by atoms with van der Waals surface area (Å²) in [5, 5.41) is 5.00. The van der Waals surface area contributed by atoms with E-state index in [1.54, 1.807) is 0 Å². The van der Waals surface area contributed by atoms with Gasteiger partial charge in [-0.3, -0.25) is 14.4 Å². The standard InChI is InChI=1S/C26H32N6O2S/c35-26-31(27-25(30-13-16-33-17-14-30)32(26)23-4-2-1-3-5-23)20-29-11-9-28(10-12-29)19-21-6-7-24-22(18-21)8-15-34-24/h1-7,18H,8-17,19-20H2. The molecule has 2 aromatic carbocycles. The topological polar surface area (TPSA) is 50.9 Å². The fourth-order valence-corrected chi connectivity index (χ4v) is 5.42. The highest BCUT2D eigenvalue weighted by molar-refractivity contribution is 7.71. The lowest BCUT2D eigenvalue weighted by Crippen LogP contribution is -2.46. The summed E-state index contributed by atoms with van der Waals surface area (Å²) in [7, 11) is 0. The largest absolute Gasteiger partial charge is 0.493 e. The van der Waals surface area contributed by atoms with Crippen molar-refractivity contribution >= 4 is 18.2 Å². The minimum Gasteiger partial charge on any atom is -0.493 e. The Balaban J connectivity index is 1.14. The number of hydrogen-bond acceptors (Lipinski definition) is 7. The molecule has 2 saturated heterocycles. The lowest BCUT2D eigenvalue weighted by molar-refractivity contribution is 0.0979. The fourth-order valence-electron chi connectivity index (χ4n) is 5.13. The van der Waals surface area contributed by atoms with Gasteiger partial charge in [0, 0.05) is 52.2 Å². The third kappa shape index (κ3) is 4.86. The van der Waals surface area contributed by atoms with Crippen molar-refractivity contribution in [3.63, 3.8) is 0 Å². The van der Waals surface area contributed by atoms with Gasteiger partial charge < -0.3 is 14.4 Å². The molecule has 3 aliphatic rings. The molecule has 0 aliphatic carbocycles. The van der Waals surface area contributed by atoms with Crippen LogP contribution >= 0.6 is 12.2 Å². The van der Waals surface area contributed by atoms with Gasteiger partial charge in [0.1, 0.15) is 5.75 Å². The van der Waals surface area contributed by atoms with E-state index in [0.717, 1.165) is 81.0 Å². The molecule has 8 nitrogen and oxygen atoms in total. The predicted molar refractivity (Wildman–Crippen MR) is 138 cm³/mol. The van der Waals surface area contributed by atoms with E-state index in [9.17, 15) is 0 Å². The molecule has 3 aromatic rings. The third-order valence-corrected chi connectivity index (χ3v) is 7.48. The summed E-state index contributed by atoms with van der Waals surface area (Å²) >= 11 is 5.94. The number of morpholine rings is 1. The molecular weight excluding hydrogens is 460 g/mol. The van der Waals surface area contributed by atoms with Crippen LogP contribution in [0.2, 0.25) is 0 Å². The summed E-state index contributed by atoms with van der Waals surface area (Å²) in [6.07, 6.45) is 1.03. The number of para-hydroxylation sites is 1. The van der Waals surface area contributed by atoms with Crippen LogP contribution in [0.15, 0.2) is 48.5 Å². The number of aromatic nitrogens is 3. The van der Waals surface area contributed by atoms with Gasteiger partial charge in [-0.15, -0.1) is 5.10 Å². The Bertz CT molecular complexity index is 1210. The SMILES string of the molecule is S=c1n(CN2CCN(Cc3ccc4c(c3)CCO4)CC2)nc(N2CCOCC2)n1-c1ccccc1. The van der Waals surface area contributed by atoms with Crippen molar-refractivity contribution in [2.45, 2.75) is 19.6 Å². The highest BCUT2D eigenvalue weighted by atomic mass is 32.1. The molecule has 2 fully saturated rings. The molecule has 6 rings (SSSR count). The van der Waals surface area contributed by atoms with Crippen molar-refractivity contribution in [3.8, 4) is 11.4 Å². The molecule has 0 amide bonds. The van der Waals surface area contributed by atoms with Gasteiger partial charge in [-0.2, -0.15) is 0 Å². The third-order valence-electron chi connectivity index (χ3n) is 7.09. The van der Waals surface area contributed by atoms with Crippen molar-refractivity contribution in [1.82, 2.24) is 24.1 Å². The van der Waals surface area contributed by atoms with Crippen molar-refractivity contribution in [2.75, 3.05) is 64.0 Å². The van der Waals surface area contributed by atoms with Gasteiger partial charge in [0.15, 0.2) is 0 Å². The first-order chi connectivity index (χ1) is 17.2. The maximum absolute atomic E-state index is 5.94. The molecule has 3 aliphatic heterocycles. The maximum atomic E-state index is 5.94. The average molecular weight is 493 g/mol. The van der Waals surface area contributed by atoms with Crippen molar-refractivity contribution < 1.29 is 9.47 Å². The van der Waals surface area contributed by atoms with Crippen molar-refractivity contribution in [2.24, 2.45) is 0 Å². The van der Waals surface area contributed by atoms with E-state index >= 15 is 0 Å².